The van der Waals surface area contributed by atoms with Crippen molar-refractivity contribution in [1.82, 2.24) is 4.90 Å². The number of benzene rings is 1. The first-order chi connectivity index (χ1) is 10.7. The van der Waals surface area contributed by atoms with Crippen LogP contribution in [-0.4, -0.2) is 55.6 Å². The maximum Gasteiger partial charge on any atom is 0.126 e. The second-order valence-electron chi connectivity index (χ2n) is 5.33. The lowest BCUT2D eigenvalue weighted by Crippen LogP contribution is -2.42. The number of para-hydroxylation sites is 1. The van der Waals surface area contributed by atoms with E-state index >= 15 is 0 Å². The molecule has 0 saturated carbocycles. The Kier molecular flexibility index (Phi) is 6.41. The summed E-state index contributed by atoms with van der Waals surface area (Å²) in [7, 11) is 0. The number of hydrogen-bond acceptors (Lipinski definition) is 5. The lowest BCUT2D eigenvalue weighted by Gasteiger charge is -2.28. The van der Waals surface area contributed by atoms with Gasteiger partial charge in [0.2, 0.25) is 0 Å². The Labute approximate surface area is 131 Å². The summed E-state index contributed by atoms with van der Waals surface area (Å²) in [6.07, 6.45) is 0.943. The number of nitrogens with zero attached hydrogens (tertiary/aromatic N) is 2. The Morgan fingerprint density at radius 2 is 2.18 bits per heavy atom. The summed E-state index contributed by atoms with van der Waals surface area (Å²) < 4.78 is 11.0. The van der Waals surface area contributed by atoms with Gasteiger partial charge in [0, 0.05) is 31.3 Å². The first-order valence-electron chi connectivity index (χ1n) is 7.47. The van der Waals surface area contributed by atoms with Gasteiger partial charge >= 0.3 is 0 Å². The van der Waals surface area contributed by atoms with Crippen molar-refractivity contribution in [3.05, 3.63) is 35.9 Å². The first kappa shape index (κ1) is 16.5. The van der Waals surface area contributed by atoms with E-state index in [2.05, 4.69) is 4.90 Å². The second kappa shape index (κ2) is 8.54. The van der Waals surface area contributed by atoms with Crippen LogP contribution >= 0.6 is 0 Å². The summed E-state index contributed by atoms with van der Waals surface area (Å²) in [5.41, 5.74) is 1.73. The Bertz CT molecular complexity index is 545. The van der Waals surface area contributed by atoms with Crippen molar-refractivity contribution < 1.29 is 14.6 Å². The fourth-order valence-corrected chi connectivity index (χ4v) is 2.41. The molecule has 0 aliphatic carbocycles. The van der Waals surface area contributed by atoms with E-state index in [0.717, 1.165) is 24.2 Å². The van der Waals surface area contributed by atoms with Crippen LogP contribution in [0, 0.1) is 11.3 Å². The average molecular weight is 302 g/mol. The minimum absolute atomic E-state index is 0.230. The van der Waals surface area contributed by atoms with Gasteiger partial charge in [0.25, 0.3) is 0 Å². The lowest BCUT2D eigenvalue weighted by atomic mass is 10.1. The van der Waals surface area contributed by atoms with Crippen molar-refractivity contribution >= 4 is 5.57 Å². The minimum Gasteiger partial charge on any atom is -0.490 e. The third-order valence-electron chi connectivity index (χ3n) is 3.60. The molecule has 1 unspecified atom stereocenters. The van der Waals surface area contributed by atoms with Crippen LogP contribution in [0.1, 0.15) is 12.5 Å². The molecular weight excluding hydrogens is 280 g/mol. The zero-order chi connectivity index (χ0) is 15.8. The molecule has 1 atom stereocenters. The van der Waals surface area contributed by atoms with Gasteiger partial charge < -0.3 is 14.6 Å². The number of rotatable bonds is 6. The van der Waals surface area contributed by atoms with E-state index in [0.29, 0.717) is 25.5 Å². The Hall–Kier alpha value is -1.87. The Morgan fingerprint density at radius 3 is 2.91 bits per heavy atom. The molecule has 1 N–H and O–H groups in total. The smallest absolute Gasteiger partial charge is 0.126 e. The largest absolute Gasteiger partial charge is 0.490 e. The molecule has 0 spiro atoms. The quantitative estimate of drug-likeness (QED) is 0.810. The van der Waals surface area contributed by atoms with Gasteiger partial charge in [-0.25, -0.2) is 0 Å². The molecule has 1 aromatic rings. The van der Waals surface area contributed by atoms with Gasteiger partial charge in [0.15, 0.2) is 0 Å². The second-order valence-corrected chi connectivity index (χ2v) is 5.33. The summed E-state index contributed by atoms with van der Waals surface area (Å²) in [5, 5.41) is 18.9. The Morgan fingerprint density at radius 1 is 1.45 bits per heavy atom. The molecule has 1 aliphatic rings. The molecule has 22 heavy (non-hydrogen) atoms. The van der Waals surface area contributed by atoms with Crippen molar-refractivity contribution in [2.45, 2.75) is 13.0 Å². The summed E-state index contributed by atoms with van der Waals surface area (Å²) in [6.45, 7) is 5.81. The number of aliphatic hydroxyl groups excluding tert-OH is 1. The van der Waals surface area contributed by atoms with E-state index in [1.54, 1.807) is 0 Å². The summed E-state index contributed by atoms with van der Waals surface area (Å²) in [5.74, 6) is 0.688. The fourth-order valence-electron chi connectivity index (χ4n) is 2.41. The van der Waals surface area contributed by atoms with Crippen molar-refractivity contribution in [2.24, 2.45) is 0 Å². The molecule has 1 heterocycles. The van der Waals surface area contributed by atoms with Gasteiger partial charge in [-0.3, -0.25) is 4.90 Å². The third kappa shape index (κ3) is 4.85. The van der Waals surface area contributed by atoms with Crippen LogP contribution in [0.25, 0.3) is 5.57 Å². The normalized spacial score (nSPS) is 17.8. The summed E-state index contributed by atoms with van der Waals surface area (Å²) in [6, 6.07) is 9.57. The fraction of sp³-hybridized carbons (Fsp3) is 0.471. The van der Waals surface area contributed by atoms with Crippen LogP contribution < -0.4 is 4.74 Å². The van der Waals surface area contributed by atoms with Gasteiger partial charge in [-0.2, -0.15) is 5.26 Å². The molecular formula is C17H22N2O3. The van der Waals surface area contributed by atoms with Crippen LogP contribution in [0.2, 0.25) is 0 Å². The zero-order valence-electron chi connectivity index (χ0n) is 12.9. The van der Waals surface area contributed by atoms with E-state index in [1.807, 2.05) is 37.3 Å². The number of morpholine rings is 1. The monoisotopic (exact) mass is 302 g/mol. The first-order valence-corrected chi connectivity index (χ1v) is 7.47. The predicted octanol–water partition coefficient (Wildman–Crippen LogP) is 1.69. The van der Waals surface area contributed by atoms with Crippen molar-refractivity contribution in [2.75, 3.05) is 39.5 Å². The van der Waals surface area contributed by atoms with E-state index in [4.69, 9.17) is 14.7 Å². The van der Waals surface area contributed by atoms with Gasteiger partial charge in [-0.05, 0) is 18.6 Å². The molecule has 5 nitrogen and oxygen atoms in total. The minimum atomic E-state index is -0.550. The molecule has 1 aliphatic heterocycles. The topological polar surface area (TPSA) is 65.7 Å². The van der Waals surface area contributed by atoms with Gasteiger partial charge in [0.1, 0.15) is 18.5 Å². The number of β-amino-alcohol motifs (C(OH)–C–C–N with tert-alkyl or cyclic N) is 1. The number of ether oxygens (including phenoxy) is 2. The predicted molar refractivity (Wildman–Crippen MR) is 84.5 cm³/mol. The molecule has 1 fully saturated rings. The van der Waals surface area contributed by atoms with Crippen LogP contribution in [-0.2, 0) is 4.74 Å². The molecule has 0 aromatic heterocycles. The standard InChI is InChI=1S/C17H22N2O3/c1-14(6-7-18)16-4-2-3-5-17(16)22-13-15(20)12-19-8-10-21-11-9-19/h2-6,15,20H,8-13H2,1H3/b14-6-. The highest BCUT2D eigenvalue weighted by molar-refractivity contribution is 5.70. The van der Waals surface area contributed by atoms with Crippen LogP contribution in [0.5, 0.6) is 5.75 Å². The van der Waals surface area contributed by atoms with Gasteiger partial charge in [-0.1, -0.05) is 18.2 Å². The van der Waals surface area contributed by atoms with Crippen LogP contribution in [0.4, 0.5) is 0 Å². The summed E-state index contributed by atoms with van der Waals surface area (Å²) in [4.78, 5) is 2.17. The van der Waals surface area contributed by atoms with Gasteiger partial charge in [0.05, 0.1) is 19.3 Å². The van der Waals surface area contributed by atoms with Gasteiger partial charge in [-0.15, -0.1) is 0 Å². The molecule has 0 radical (unpaired) electrons. The van der Waals surface area contributed by atoms with E-state index in [9.17, 15) is 5.11 Å². The molecule has 0 bridgehead atoms. The van der Waals surface area contributed by atoms with Crippen LogP contribution in [0.15, 0.2) is 30.3 Å². The number of hydrogen-bond donors (Lipinski definition) is 1. The molecule has 2 rings (SSSR count). The lowest BCUT2D eigenvalue weighted by molar-refractivity contribution is 0.00463. The summed E-state index contributed by atoms with van der Waals surface area (Å²) >= 11 is 0. The maximum absolute atomic E-state index is 10.1. The molecule has 118 valence electrons. The van der Waals surface area contributed by atoms with E-state index in [-0.39, 0.29) is 6.61 Å². The molecule has 0 amide bonds. The zero-order valence-corrected chi connectivity index (χ0v) is 12.9. The molecule has 1 aromatic carbocycles. The average Bonchev–Trinajstić information content (AvgIpc) is 2.54. The van der Waals surface area contributed by atoms with E-state index in [1.165, 1.54) is 6.08 Å². The SMILES string of the molecule is C/C(=C/C#N)c1ccccc1OCC(O)CN1CCOCC1. The van der Waals surface area contributed by atoms with Crippen LogP contribution in [0.3, 0.4) is 0 Å². The highest BCUT2D eigenvalue weighted by Crippen LogP contribution is 2.25. The van der Waals surface area contributed by atoms with E-state index < -0.39 is 6.10 Å². The number of nitriles is 1. The third-order valence-corrected chi connectivity index (χ3v) is 3.60. The van der Waals surface area contributed by atoms with Crippen molar-refractivity contribution in [3.63, 3.8) is 0 Å². The highest BCUT2D eigenvalue weighted by atomic mass is 16.5. The highest BCUT2D eigenvalue weighted by Gasteiger charge is 2.16. The van der Waals surface area contributed by atoms with Crippen molar-refractivity contribution in [3.8, 4) is 11.8 Å². The number of allylic oxidation sites excluding steroid dienone is 2. The Balaban J connectivity index is 1.91. The molecule has 5 heteroatoms. The molecule has 1 saturated heterocycles. The maximum atomic E-state index is 10.1. The number of aliphatic hydroxyl groups is 1. The van der Waals surface area contributed by atoms with Crippen molar-refractivity contribution in [1.29, 1.82) is 5.26 Å².